The highest BCUT2D eigenvalue weighted by atomic mass is 19.4. The van der Waals surface area contributed by atoms with Gasteiger partial charge in [0.2, 0.25) is 5.91 Å². The Morgan fingerprint density at radius 3 is 2.56 bits per heavy atom. The molecule has 2 aromatic rings. The van der Waals surface area contributed by atoms with Gasteiger partial charge in [-0.3, -0.25) is 4.79 Å². The number of hydrogen-bond acceptors (Lipinski definition) is 2. The molecule has 1 aliphatic heterocycles. The topological polar surface area (TPSA) is 38.3 Å². The van der Waals surface area contributed by atoms with E-state index >= 15 is 0 Å². The van der Waals surface area contributed by atoms with Crippen LogP contribution in [0.4, 0.5) is 13.2 Å². The van der Waals surface area contributed by atoms with Gasteiger partial charge in [-0.05, 0) is 35.7 Å². The van der Waals surface area contributed by atoms with Gasteiger partial charge in [0.1, 0.15) is 5.75 Å². The van der Waals surface area contributed by atoms with E-state index in [1.54, 1.807) is 0 Å². The summed E-state index contributed by atoms with van der Waals surface area (Å²) in [5.41, 5.74) is 0.959. The van der Waals surface area contributed by atoms with Crippen LogP contribution in [0.1, 0.15) is 16.7 Å². The highest BCUT2D eigenvalue weighted by Gasteiger charge is 2.30. The average Bonchev–Trinajstić information content (AvgIpc) is 2.59. The van der Waals surface area contributed by atoms with Crippen LogP contribution >= 0.6 is 0 Å². The first kappa shape index (κ1) is 17.3. The van der Waals surface area contributed by atoms with Crippen LogP contribution in [0.3, 0.4) is 0 Å². The number of fused-ring (bicyclic) bond motifs is 1. The molecule has 2 aromatic carbocycles. The van der Waals surface area contributed by atoms with Crippen LogP contribution in [0.5, 0.6) is 5.75 Å². The fourth-order valence-electron chi connectivity index (χ4n) is 2.84. The van der Waals surface area contributed by atoms with E-state index in [0.717, 1.165) is 29.9 Å². The molecular formula is C19H18F3NO2. The Balaban J connectivity index is 1.49. The van der Waals surface area contributed by atoms with Crippen molar-refractivity contribution in [1.82, 2.24) is 5.32 Å². The lowest BCUT2D eigenvalue weighted by Crippen LogP contribution is -2.35. The van der Waals surface area contributed by atoms with Crippen molar-refractivity contribution in [2.45, 2.75) is 19.0 Å². The first-order chi connectivity index (χ1) is 11.9. The fraction of sp³-hybridized carbons (Fsp3) is 0.316. The molecule has 0 saturated heterocycles. The van der Waals surface area contributed by atoms with Crippen molar-refractivity contribution in [1.29, 1.82) is 0 Å². The average molecular weight is 349 g/mol. The van der Waals surface area contributed by atoms with Gasteiger partial charge >= 0.3 is 6.18 Å². The molecule has 0 aromatic heterocycles. The van der Waals surface area contributed by atoms with Gasteiger partial charge < -0.3 is 10.1 Å². The van der Waals surface area contributed by atoms with Gasteiger partial charge in [0.15, 0.2) is 0 Å². The van der Waals surface area contributed by atoms with Crippen molar-refractivity contribution in [3.05, 3.63) is 65.2 Å². The van der Waals surface area contributed by atoms with Crippen LogP contribution in [0, 0.1) is 5.92 Å². The molecule has 25 heavy (non-hydrogen) atoms. The largest absolute Gasteiger partial charge is 0.493 e. The van der Waals surface area contributed by atoms with E-state index in [4.69, 9.17) is 4.74 Å². The molecule has 0 saturated carbocycles. The van der Waals surface area contributed by atoms with E-state index in [0.29, 0.717) is 18.7 Å². The van der Waals surface area contributed by atoms with Crippen LogP contribution in [0.2, 0.25) is 0 Å². The first-order valence-electron chi connectivity index (χ1n) is 8.05. The molecule has 1 aliphatic rings. The highest BCUT2D eigenvalue weighted by Crippen LogP contribution is 2.29. The number of ether oxygens (including phenoxy) is 1. The maximum atomic E-state index is 12.5. The molecule has 1 atom stereocenters. The summed E-state index contributed by atoms with van der Waals surface area (Å²) in [6.07, 6.45) is -3.48. The number of para-hydroxylation sites is 1. The predicted molar refractivity (Wildman–Crippen MR) is 87.3 cm³/mol. The Kier molecular flexibility index (Phi) is 4.97. The predicted octanol–water partition coefficient (Wildman–Crippen LogP) is 3.62. The SMILES string of the molecule is O=C(Cc1ccc(C(F)(F)F)cc1)NCC1COc2ccccc2C1. The van der Waals surface area contributed by atoms with Crippen molar-refractivity contribution < 1.29 is 22.7 Å². The number of carbonyl (C=O) groups is 1. The van der Waals surface area contributed by atoms with E-state index in [1.165, 1.54) is 12.1 Å². The highest BCUT2D eigenvalue weighted by molar-refractivity contribution is 5.78. The van der Waals surface area contributed by atoms with Crippen molar-refractivity contribution in [2.75, 3.05) is 13.2 Å². The summed E-state index contributed by atoms with van der Waals surface area (Å²) >= 11 is 0. The van der Waals surface area contributed by atoms with Crippen LogP contribution in [-0.4, -0.2) is 19.1 Å². The number of halogens is 3. The van der Waals surface area contributed by atoms with Crippen molar-refractivity contribution in [3.8, 4) is 5.75 Å². The van der Waals surface area contributed by atoms with E-state index in [-0.39, 0.29) is 18.2 Å². The molecule has 132 valence electrons. The minimum Gasteiger partial charge on any atom is -0.493 e. The zero-order chi connectivity index (χ0) is 17.9. The smallest absolute Gasteiger partial charge is 0.416 e. The summed E-state index contributed by atoms with van der Waals surface area (Å²) in [7, 11) is 0. The number of carbonyl (C=O) groups excluding carboxylic acids is 1. The number of benzene rings is 2. The summed E-state index contributed by atoms with van der Waals surface area (Å²) in [5, 5.41) is 2.84. The van der Waals surface area contributed by atoms with E-state index in [2.05, 4.69) is 5.32 Å². The molecule has 1 N–H and O–H groups in total. The van der Waals surface area contributed by atoms with Crippen LogP contribution in [-0.2, 0) is 23.8 Å². The molecule has 0 fully saturated rings. The zero-order valence-electron chi connectivity index (χ0n) is 13.5. The van der Waals surface area contributed by atoms with Crippen molar-refractivity contribution >= 4 is 5.91 Å². The van der Waals surface area contributed by atoms with E-state index in [1.807, 2.05) is 24.3 Å². The minimum atomic E-state index is -4.36. The summed E-state index contributed by atoms with van der Waals surface area (Å²) in [6.45, 7) is 1.02. The Labute approximate surface area is 143 Å². The minimum absolute atomic E-state index is 0.0578. The number of alkyl halides is 3. The fourth-order valence-corrected chi connectivity index (χ4v) is 2.84. The number of nitrogens with one attached hydrogen (secondary N) is 1. The van der Waals surface area contributed by atoms with E-state index in [9.17, 15) is 18.0 Å². The number of amides is 1. The van der Waals surface area contributed by atoms with Crippen LogP contribution in [0.25, 0.3) is 0 Å². The summed E-state index contributed by atoms with van der Waals surface area (Å²) in [6, 6.07) is 12.5. The molecule has 3 rings (SSSR count). The van der Waals surface area contributed by atoms with Gasteiger partial charge in [0.25, 0.3) is 0 Å². The summed E-state index contributed by atoms with van der Waals surface area (Å²) in [4.78, 5) is 12.0. The van der Waals surface area contributed by atoms with Gasteiger partial charge in [0.05, 0.1) is 18.6 Å². The van der Waals surface area contributed by atoms with Crippen molar-refractivity contribution in [2.24, 2.45) is 5.92 Å². The zero-order valence-corrected chi connectivity index (χ0v) is 13.5. The maximum Gasteiger partial charge on any atom is 0.416 e. The second kappa shape index (κ2) is 7.17. The standard InChI is InChI=1S/C19H18F3NO2/c20-19(21,22)16-7-5-13(6-8-16)10-18(24)23-11-14-9-15-3-1-2-4-17(15)25-12-14/h1-8,14H,9-12H2,(H,23,24). The summed E-state index contributed by atoms with van der Waals surface area (Å²) < 4.78 is 43.2. The number of hydrogen-bond donors (Lipinski definition) is 1. The lowest BCUT2D eigenvalue weighted by atomic mass is 9.96. The molecule has 1 amide bonds. The lowest BCUT2D eigenvalue weighted by Gasteiger charge is -2.25. The van der Waals surface area contributed by atoms with Gasteiger partial charge in [0, 0.05) is 12.5 Å². The molecular weight excluding hydrogens is 331 g/mol. The third-order valence-electron chi connectivity index (χ3n) is 4.19. The molecule has 6 heteroatoms. The molecule has 0 radical (unpaired) electrons. The summed E-state index contributed by atoms with van der Waals surface area (Å²) in [5.74, 6) is 0.861. The molecule has 1 unspecified atom stereocenters. The van der Waals surface area contributed by atoms with Crippen LogP contribution < -0.4 is 10.1 Å². The van der Waals surface area contributed by atoms with Gasteiger partial charge in [-0.1, -0.05) is 30.3 Å². The first-order valence-corrected chi connectivity index (χ1v) is 8.05. The lowest BCUT2D eigenvalue weighted by molar-refractivity contribution is -0.137. The Morgan fingerprint density at radius 2 is 1.84 bits per heavy atom. The monoisotopic (exact) mass is 349 g/mol. The normalized spacial score (nSPS) is 16.7. The third-order valence-corrected chi connectivity index (χ3v) is 4.19. The molecule has 0 bridgehead atoms. The second-order valence-electron chi connectivity index (χ2n) is 6.16. The van der Waals surface area contributed by atoms with Crippen molar-refractivity contribution in [3.63, 3.8) is 0 Å². The number of rotatable bonds is 4. The molecule has 1 heterocycles. The molecule has 0 aliphatic carbocycles. The van der Waals surface area contributed by atoms with Gasteiger partial charge in [-0.15, -0.1) is 0 Å². The molecule has 0 spiro atoms. The third kappa shape index (κ3) is 4.53. The van der Waals surface area contributed by atoms with Crippen LogP contribution in [0.15, 0.2) is 48.5 Å². The second-order valence-corrected chi connectivity index (χ2v) is 6.16. The Hall–Kier alpha value is -2.50. The van der Waals surface area contributed by atoms with Gasteiger partial charge in [-0.25, -0.2) is 0 Å². The van der Waals surface area contributed by atoms with Gasteiger partial charge in [-0.2, -0.15) is 13.2 Å². The molecule has 3 nitrogen and oxygen atoms in total. The van der Waals surface area contributed by atoms with E-state index < -0.39 is 11.7 Å². The maximum absolute atomic E-state index is 12.5. The Morgan fingerprint density at radius 1 is 1.12 bits per heavy atom. The quantitative estimate of drug-likeness (QED) is 0.916. The Bertz CT molecular complexity index is 741.